The van der Waals surface area contributed by atoms with E-state index in [1.54, 1.807) is 12.3 Å². The normalized spacial score (nSPS) is 14.0. The minimum Gasteiger partial charge on any atom is -0.321 e. The van der Waals surface area contributed by atoms with Gasteiger partial charge in [0.05, 0.1) is 23.5 Å². The molecule has 0 radical (unpaired) electrons. The van der Waals surface area contributed by atoms with E-state index in [-0.39, 0.29) is 17.7 Å². The molecule has 1 aliphatic rings. The van der Waals surface area contributed by atoms with Gasteiger partial charge in [0.15, 0.2) is 5.82 Å². The Labute approximate surface area is 181 Å². The molecular weight excluding hydrogens is 390 g/mol. The van der Waals surface area contributed by atoms with Crippen molar-refractivity contribution in [1.82, 2.24) is 15.2 Å². The molecule has 4 rings (SSSR count). The second-order valence-electron chi connectivity index (χ2n) is 7.68. The summed E-state index contributed by atoms with van der Waals surface area (Å²) in [4.78, 5) is 28.8. The molecule has 7 heteroatoms. The van der Waals surface area contributed by atoms with E-state index >= 15 is 0 Å². The van der Waals surface area contributed by atoms with Crippen molar-refractivity contribution in [2.75, 3.05) is 10.6 Å². The van der Waals surface area contributed by atoms with Crippen molar-refractivity contribution in [3.8, 4) is 11.3 Å². The Hall–Kier alpha value is -3.74. The van der Waals surface area contributed by atoms with Gasteiger partial charge in [-0.25, -0.2) is 0 Å². The first-order chi connectivity index (χ1) is 15.1. The monoisotopic (exact) mass is 415 g/mol. The first kappa shape index (κ1) is 20.5. The molecule has 0 aliphatic heterocycles. The predicted molar refractivity (Wildman–Crippen MR) is 121 cm³/mol. The molecule has 31 heavy (non-hydrogen) atoms. The van der Waals surface area contributed by atoms with Gasteiger partial charge in [-0.1, -0.05) is 31.7 Å². The molecule has 1 aliphatic carbocycles. The molecule has 3 N–H and O–H groups in total. The molecule has 0 saturated heterocycles. The Morgan fingerprint density at radius 1 is 1.23 bits per heavy atom. The smallest absolute Gasteiger partial charge is 0.247 e. The lowest BCUT2D eigenvalue weighted by Crippen LogP contribution is -2.21. The van der Waals surface area contributed by atoms with Gasteiger partial charge in [-0.2, -0.15) is 5.10 Å². The second kappa shape index (κ2) is 8.95. The molecule has 7 nitrogen and oxygen atoms in total. The van der Waals surface area contributed by atoms with Gasteiger partial charge < -0.3 is 10.6 Å². The summed E-state index contributed by atoms with van der Waals surface area (Å²) in [6, 6.07) is 13.4. The van der Waals surface area contributed by atoms with Gasteiger partial charge in [0, 0.05) is 23.2 Å². The van der Waals surface area contributed by atoms with Crippen LogP contribution in [0.2, 0.25) is 0 Å². The Morgan fingerprint density at radius 3 is 2.74 bits per heavy atom. The molecule has 1 saturated carbocycles. The molecule has 1 fully saturated rings. The first-order valence-electron chi connectivity index (χ1n) is 10.4. The van der Waals surface area contributed by atoms with Gasteiger partial charge in [0.1, 0.15) is 0 Å². The average molecular weight is 415 g/mol. The summed E-state index contributed by atoms with van der Waals surface area (Å²) in [6.45, 7) is 5.43. The summed E-state index contributed by atoms with van der Waals surface area (Å²) in [5, 5.41) is 12.9. The van der Waals surface area contributed by atoms with E-state index in [0.717, 1.165) is 22.5 Å². The minimum absolute atomic E-state index is 0.0797. The third kappa shape index (κ3) is 4.88. The van der Waals surface area contributed by atoms with Crippen molar-refractivity contribution < 1.29 is 9.59 Å². The van der Waals surface area contributed by atoms with Crippen molar-refractivity contribution in [2.24, 2.45) is 0 Å². The molecule has 3 aromatic rings. The number of carbonyl (C=O) groups excluding carboxylic acids is 2. The maximum absolute atomic E-state index is 12.9. The van der Waals surface area contributed by atoms with Crippen LogP contribution in [-0.2, 0) is 9.59 Å². The summed E-state index contributed by atoms with van der Waals surface area (Å²) < 4.78 is 0. The SMILES string of the molecule is C=CC(=O)Nc1ccc(-c2cccc(C(CC)C(=O)Nc3cc(C4CC4)[nH]n3)c2)nc1. The van der Waals surface area contributed by atoms with E-state index < -0.39 is 0 Å². The molecule has 1 unspecified atom stereocenters. The highest BCUT2D eigenvalue weighted by Crippen LogP contribution is 2.39. The molecule has 1 aromatic carbocycles. The second-order valence-corrected chi connectivity index (χ2v) is 7.68. The Kier molecular flexibility index (Phi) is 5.93. The fourth-order valence-corrected chi connectivity index (χ4v) is 3.54. The number of H-pyrrole nitrogens is 1. The molecule has 158 valence electrons. The zero-order valence-corrected chi connectivity index (χ0v) is 17.4. The Morgan fingerprint density at radius 2 is 2.06 bits per heavy atom. The highest BCUT2D eigenvalue weighted by Gasteiger charge is 2.26. The van der Waals surface area contributed by atoms with Gasteiger partial charge in [0.25, 0.3) is 0 Å². The van der Waals surface area contributed by atoms with Crippen LogP contribution in [0.3, 0.4) is 0 Å². The lowest BCUT2D eigenvalue weighted by atomic mass is 9.93. The van der Waals surface area contributed by atoms with Crippen LogP contribution in [0.5, 0.6) is 0 Å². The quantitative estimate of drug-likeness (QED) is 0.468. The van der Waals surface area contributed by atoms with Gasteiger partial charge in [-0.3, -0.25) is 19.7 Å². The number of rotatable bonds is 8. The van der Waals surface area contributed by atoms with Gasteiger partial charge in [0.2, 0.25) is 11.8 Å². The summed E-state index contributed by atoms with van der Waals surface area (Å²) in [6.07, 6.45) is 5.83. The van der Waals surface area contributed by atoms with Crippen LogP contribution in [0.1, 0.15) is 49.3 Å². The van der Waals surface area contributed by atoms with Gasteiger partial charge >= 0.3 is 0 Å². The number of hydrogen-bond acceptors (Lipinski definition) is 4. The van der Waals surface area contributed by atoms with E-state index in [1.165, 1.54) is 18.9 Å². The zero-order chi connectivity index (χ0) is 21.8. The summed E-state index contributed by atoms with van der Waals surface area (Å²) in [7, 11) is 0. The number of aromatic nitrogens is 3. The van der Waals surface area contributed by atoms with Crippen molar-refractivity contribution in [2.45, 2.75) is 38.0 Å². The minimum atomic E-state index is -0.299. The van der Waals surface area contributed by atoms with Gasteiger partial charge in [-0.15, -0.1) is 0 Å². The maximum Gasteiger partial charge on any atom is 0.247 e. The highest BCUT2D eigenvalue weighted by atomic mass is 16.2. The maximum atomic E-state index is 12.9. The van der Waals surface area contributed by atoms with Crippen LogP contribution < -0.4 is 10.6 Å². The molecule has 2 aromatic heterocycles. The number of anilines is 2. The molecule has 2 heterocycles. The third-order valence-electron chi connectivity index (χ3n) is 5.39. The number of hydrogen-bond donors (Lipinski definition) is 3. The molecule has 0 spiro atoms. The number of benzene rings is 1. The van der Waals surface area contributed by atoms with Crippen LogP contribution in [0.25, 0.3) is 11.3 Å². The Bertz CT molecular complexity index is 1100. The number of nitrogens with zero attached hydrogens (tertiary/aromatic N) is 2. The highest BCUT2D eigenvalue weighted by molar-refractivity contribution is 5.98. The van der Waals surface area contributed by atoms with E-state index in [9.17, 15) is 9.59 Å². The van der Waals surface area contributed by atoms with Crippen molar-refractivity contribution in [1.29, 1.82) is 0 Å². The summed E-state index contributed by atoms with van der Waals surface area (Å²) >= 11 is 0. The number of aromatic amines is 1. The fraction of sp³-hybridized carbons (Fsp3) is 0.250. The summed E-state index contributed by atoms with van der Waals surface area (Å²) in [5.41, 5.74) is 4.27. The lowest BCUT2D eigenvalue weighted by molar-refractivity contribution is -0.117. The largest absolute Gasteiger partial charge is 0.321 e. The van der Waals surface area contributed by atoms with E-state index in [1.807, 2.05) is 43.3 Å². The number of carbonyl (C=O) groups is 2. The van der Waals surface area contributed by atoms with E-state index in [4.69, 9.17) is 0 Å². The van der Waals surface area contributed by atoms with Crippen LogP contribution in [0.4, 0.5) is 11.5 Å². The van der Waals surface area contributed by atoms with Crippen molar-refractivity contribution in [3.63, 3.8) is 0 Å². The van der Waals surface area contributed by atoms with Crippen LogP contribution in [0, 0.1) is 0 Å². The lowest BCUT2D eigenvalue weighted by Gasteiger charge is -2.15. The first-order valence-corrected chi connectivity index (χ1v) is 10.4. The number of nitrogens with one attached hydrogen (secondary N) is 3. The van der Waals surface area contributed by atoms with Crippen LogP contribution >= 0.6 is 0 Å². The number of pyridine rings is 1. The average Bonchev–Trinajstić information content (AvgIpc) is 3.54. The van der Waals surface area contributed by atoms with Crippen LogP contribution in [-0.4, -0.2) is 27.0 Å². The van der Waals surface area contributed by atoms with Crippen molar-refractivity contribution in [3.05, 3.63) is 72.6 Å². The number of amides is 2. The molecule has 1 atom stereocenters. The molecule has 0 bridgehead atoms. The van der Waals surface area contributed by atoms with E-state index in [2.05, 4.69) is 32.4 Å². The predicted octanol–water partition coefficient (Wildman–Crippen LogP) is 4.61. The standard InChI is InChI=1S/C24H25N5O2/c1-3-19(24(31)27-22-13-21(28-29-22)15-8-9-15)16-6-5-7-17(12-16)20-11-10-18(14-25-20)26-23(30)4-2/h4-7,10-15,19H,2-3,8-9H2,1H3,(H,26,30)(H2,27,28,29,31). The summed E-state index contributed by atoms with van der Waals surface area (Å²) in [5.74, 6) is 0.465. The molecule has 2 amide bonds. The van der Waals surface area contributed by atoms with E-state index in [0.29, 0.717) is 23.8 Å². The molecular formula is C24H25N5O2. The Balaban J connectivity index is 1.49. The van der Waals surface area contributed by atoms with Gasteiger partial charge in [-0.05, 0) is 49.1 Å². The fourth-order valence-electron chi connectivity index (χ4n) is 3.54. The zero-order valence-electron chi connectivity index (χ0n) is 17.4. The van der Waals surface area contributed by atoms with Crippen LogP contribution in [0.15, 0.2) is 61.3 Å². The third-order valence-corrected chi connectivity index (χ3v) is 5.39. The van der Waals surface area contributed by atoms with Crippen molar-refractivity contribution >= 4 is 23.3 Å². The topological polar surface area (TPSA) is 99.8 Å².